The summed E-state index contributed by atoms with van der Waals surface area (Å²) in [5.74, 6) is 2.22. The quantitative estimate of drug-likeness (QED) is 0.668. The largest absolute Gasteiger partial charge is 0.317 e. The zero-order valence-electron chi connectivity index (χ0n) is 7.40. The van der Waals surface area contributed by atoms with Crippen LogP contribution in [0.25, 0.3) is 0 Å². The predicted molar refractivity (Wildman–Crippen MR) is 49.7 cm³/mol. The zero-order valence-corrected chi connectivity index (χ0v) is 7.40. The van der Waals surface area contributed by atoms with E-state index < -0.39 is 0 Å². The topological polar surface area (TPSA) is 32.3 Å². The predicted octanol–water partition coefficient (Wildman–Crippen LogP) is 1.55. The van der Waals surface area contributed by atoms with E-state index >= 15 is 0 Å². The Hall–Kier alpha value is -0.860. The van der Waals surface area contributed by atoms with Crippen molar-refractivity contribution in [3.63, 3.8) is 0 Å². The van der Waals surface area contributed by atoms with Gasteiger partial charge in [0.15, 0.2) is 0 Å². The van der Waals surface area contributed by atoms with Crippen LogP contribution in [0.3, 0.4) is 0 Å². The molecule has 3 unspecified atom stereocenters. The molecule has 1 aromatic carbocycles. The Labute approximate surface area is 77.5 Å². The number of hydrogen-bond acceptors (Lipinski definition) is 2. The number of rotatable bonds is 2. The summed E-state index contributed by atoms with van der Waals surface area (Å²) in [5.41, 5.74) is 5.33. The second kappa shape index (κ2) is 2.56. The maximum Gasteiger partial charge on any atom is 0.0244 e. The SMILES string of the molecule is ONCC1C2Cc3ccccc3C12. The average molecular weight is 175 g/mol. The molecular formula is C11H13NO. The van der Waals surface area contributed by atoms with Gasteiger partial charge >= 0.3 is 0 Å². The lowest BCUT2D eigenvalue weighted by molar-refractivity contribution is 0.159. The maximum absolute atomic E-state index is 8.63. The van der Waals surface area contributed by atoms with Crippen molar-refractivity contribution >= 4 is 0 Å². The van der Waals surface area contributed by atoms with Crippen LogP contribution in [-0.4, -0.2) is 11.8 Å². The molecule has 68 valence electrons. The Balaban J connectivity index is 1.87. The van der Waals surface area contributed by atoms with Crippen LogP contribution in [0.2, 0.25) is 0 Å². The Kier molecular flexibility index (Phi) is 1.49. The lowest BCUT2D eigenvalue weighted by Crippen LogP contribution is -2.13. The third-order valence-electron chi connectivity index (χ3n) is 3.53. The number of benzene rings is 1. The summed E-state index contributed by atoms with van der Waals surface area (Å²) in [7, 11) is 0. The molecule has 0 aromatic heterocycles. The summed E-state index contributed by atoms with van der Waals surface area (Å²) in [6.45, 7) is 0.754. The van der Waals surface area contributed by atoms with Gasteiger partial charge in [0, 0.05) is 6.54 Å². The standard InChI is InChI=1S/C11H13NO/c13-12-6-10-9-5-7-3-1-2-4-8(7)11(9)10/h1-4,9-13H,5-6H2. The van der Waals surface area contributed by atoms with Gasteiger partial charge in [0.05, 0.1) is 0 Å². The molecule has 2 aliphatic carbocycles. The smallest absolute Gasteiger partial charge is 0.0244 e. The molecule has 2 aliphatic rings. The van der Waals surface area contributed by atoms with Crippen molar-refractivity contribution in [2.75, 3.05) is 6.54 Å². The summed E-state index contributed by atoms with van der Waals surface area (Å²) in [4.78, 5) is 0. The Morgan fingerprint density at radius 3 is 3.08 bits per heavy atom. The number of hydrogen-bond donors (Lipinski definition) is 2. The molecule has 2 N–H and O–H groups in total. The van der Waals surface area contributed by atoms with Crippen LogP contribution in [0.5, 0.6) is 0 Å². The van der Waals surface area contributed by atoms with Gasteiger partial charge in [-0.2, -0.15) is 0 Å². The fourth-order valence-corrected chi connectivity index (χ4v) is 2.87. The third-order valence-corrected chi connectivity index (χ3v) is 3.53. The molecule has 3 rings (SSSR count). The van der Waals surface area contributed by atoms with E-state index in [4.69, 9.17) is 5.21 Å². The van der Waals surface area contributed by atoms with Gasteiger partial charge in [0.1, 0.15) is 0 Å². The molecule has 3 atom stereocenters. The number of nitrogens with one attached hydrogen (secondary N) is 1. The summed E-state index contributed by atoms with van der Waals surface area (Å²) >= 11 is 0. The first-order valence-corrected chi connectivity index (χ1v) is 4.86. The number of fused-ring (bicyclic) bond motifs is 3. The average Bonchev–Trinajstić information content (AvgIpc) is 2.70. The van der Waals surface area contributed by atoms with Crippen molar-refractivity contribution in [1.82, 2.24) is 5.48 Å². The molecule has 1 fully saturated rings. The van der Waals surface area contributed by atoms with Crippen LogP contribution in [-0.2, 0) is 6.42 Å². The molecule has 0 heterocycles. The van der Waals surface area contributed by atoms with Gasteiger partial charge in [-0.15, -0.1) is 0 Å². The molecule has 1 aromatic rings. The van der Waals surface area contributed by atoms with E-state index in [1.54, 1.807) is 0 Å². The van der Waals surface area contributed by atoms with Crippen molar-refractivity contribution in [3.05, 3.63) is 35.4 Å². The van der Waals surface area contributed by atoms with Gasteiger partial charge in [-0.25, -0.2) is 5.48 Å². The Bertz CT molecular complexity index is 333. The molecule has 0 aliphatic heterocycles. The third kappa shape index (κ3) is 0.960. The molecule has 0 bridgehead atoms. The minimum Gasteiger partial charge on any atom is -0.317 e. The van der Waals surface area contributed by atoms with Crippen molar-refractivity contribution in [2.45, 2.75) is 12.3 Å². The van der Waals surface area contributed by atoms with Gasteiger partial charge in [-0.05, 0) is 35.3 Å². The van der Waals surface area contributed by atoms with E-state index in [2.05, 4.69) is 29.7 Å². The minimum atomic E-state index is 0.680. The van der Waals surface area contributed by atoms with Gasteiger partial charge < -0.3 is 5.21 Å². The highest BCUT2D eigenvalue weighted by Crippen LogP contribution is 2.60. The second-order valence-corrected chi connectivity index (χ2v) is 4.12. The van der Waals surface area contributed by atoms with Crippen molar-refractivity contribution < 1.29 is 5.21 Å². The number of hydroxylamine groups is 1. The van der Waals surface area contributed by atoms with E-state index in [1.807, 2.05) is 0 Å². The first-order chi connectivity index (χ1) is 6.42. The molecule has 0 spiro atoms. The van der Waals surface area contributed by atoms with Crippen LogP contribution >= 0.6 is 0 Å². The highest BCUT2D eigenvalue weighted by atomic mass is 16.5. The first kappa shape index (κ1) is 7.54. The van der Waals surface area contributed by atoms with Gasteiger partial charge in [-0.3, -0.25) is 0 Å². The van der Waals surface area contributed by atoms with Crippen molar-refractivity contribution in [1.29, 1.82) is 0 Å². The molecular weight excluding hydrogens is 162 g/mol. The second-order valence-electron chi connectivity index (χ2n) is 4.12. The molecule has 0 radical (unpaired) electrons. The first-order valence-electron chi connectivity index (χ1n) is 4.86. The normalized spacial score (nSPS) is 34.1. The van der Waals surface area contributed by atoms with Crippen LogP contribution in [0.15, 0.2) is 24.3 Å². The molecule has 0 amide bonds. The van der Waals surface area contributed by atoms with E-state index in [-0.39, 0.29) is 0 Å². The van der Waals surface area contributed by atoms with Crippen molar-refractivity contribution in [3.8, 4) is 0 Å². The van der Waals surface area contributed by atoms with E-state index in [1.165, 1.54) is 17.5 Å². The highest BCUT2D eigenvalue weighted by Gasteiger charge is 2.54. The summed E-state index contributed by atoms with van der Waals surface area (Å²) in [5, 5.41) is 8.63. The van der Waals surface area contributed by atoms with E-state index in [0.717, 1.165) is 18.4 Å². The lowest BCUT2D eigenvalue weighted by atomic mass is 10.0. The summed E-state index contributed by atoms with van der Waals surface area (Å²) < 4.78 is 0. The van der Waals surface area contributed by atoms with Crippen molar-refractivity contribution in [2.24, 2.45) is 11.8 Å². The summed E-state index contributed by atoms with van der Waals surface area (Å²) in [6.07, 6.45) is 1.22. The van der Waals surface area contributed by atoms with Gasteiger partial charge in [-0.1, -0.05) is 24.3 Å². The Morgan fingerprint density at radius 2 is 2.23 bits per heavy atom. The minimum absolute atomic E-state index is 0.680. The maximum atomic E-state index is 8.63. The summed E-state index contributed by atoms with van der Waals surface area (Å²) in [6, 6.07) is 8.69. The lowest BCUT2D eigenvalue weighted by Gasteiger charge is -2.05. The van der Waals surface area contributed by atoms with Gasteiger partial charge in [0.2, 0.25) is 0 Å². The fourth-order valence-electron chi connectivity index (χ4n) is 2.87. The Morgan fingerprint density at radius 1 is 1.38 bits per heavy atom. The van der Waals surface area contributed by atoms with E-state index in [0.29, 0.717) is 5.92 Å². The van der Waals surface area contributed by atoms with Crippen LogP contribution in [0.4, 0.5) is 0 Å². The molecule has 2 heteroatoms. The van der Waals surface area contributed by atoms with Crippen LogP contribution in [0, 0.1) is 11.8 Å². The molecule has 0 saturated heterocycles. The van der Waals surface area contributed by atoms with E-state index in [9.17, 15) is 0 Å². The molecule has 13 heavy (non-hydrogen) atoms. The highest BCUT2D eigenvalue weighted by molar-refractivity contribution is 5.43. The van der Waals surface area contributed by atoms with Gasteiger partial charge in [0.25, 0.3) is 0 Å². The zero-order chi connectivity index (χ0) is 8.84. The van der Waals surface area contributed by atoms with Crippen LogP contribution in [0.1, 0.15) is 17.0 Å². The fraction of sp³-hybridized carbons (Fsp3) is 0.455. The van der Waals surface area contributed by atoms with Crippen LogP contribution < -0.4 is 5.48 Å². The monoisotopic (exact) mass is 175 g/mol. The molecule has 1 saturated carbocycles. The molecule has 2 nitrogen and oxygen atoms in total.